The lowest BCUT2D eigenvalue weighted by molar-refractivity contribution is 0.0487. The van der Waals surface area contributed by atoms with Gasteiger partial charge in [0.15, 0.2) is 0 Å². The van der Waals surface area contributed by atoms with Crippen LogP contribution < -0.4 is 0 Å². The quantitative estimate of drug-likeness (QED) is 0.589. The summed E-state index contributed by atoms with van der Waals surface area (Å²) >= 11 is 5.70. The number of methoxy groups -OCH3 is 1. The molecule has 0 aliphatic carbocycles. The third-order valence-corrected chi connectivity index (χ3v) is 2.47. The van der Waals surface area contributed by atoms with Crippen molar-refractivity contribution in [2.45, 2.75) is 33.3 Å². The maximum atomic E-state index is 5.70. The molecule has 0 heterocycles. The Balaban J connectivity index is 3.68. The van der Waals surface area contributed by atoms with E-state index in [0.717, 1.165) is 12.3 Å². The highest BCUT2D eigenvalue weighted by Gasteiger charge is 2.14. The molecule has 0 amide bonds. The van der Waals surface area contributed by atoms with Gasteiger partial charge in [-0.2, -0.15) is 0 Å². The molecule has 0 aliphatic heterocycles. The largest absolute Gasteiger partial charge is 0.381 e. The normalized spacial score (nSPS) is 16.9. The van der Waals surface area contributed by atoms with Crippen molar-refractivity contribution < 1.29 is 4.74 Å². The minimum atomic E-state index is 0.365. The van der Waals surface area contributed by atoms with Crippen LogP contribution in [-0.4, -0.2) is 19.1 Å². The van der Waals surface area contributed by atoms with E-state index in [-0.39, 0.29) is 0 Å². The van der Waals surface area contributed by atoms with Crippen molar-refractivity contribution in [2.75, 3.05) is 13.0 Å². The third kappa shape index (κ3) is 4.65. The van der Waals surface area contributed by atoms with E-state index in [2.05, 4.69) is 20.8 Å². The molecule has 0 aromatic rings. The van der Waals surface area contributed by atoms with Gasteiger partial charge >= 0.3 is 0 Å². The second kappa shape index (κ2) is 5.84. The smallest absolute Gasteiger partial charge is 0.0597 e. The molecule has 0 saturated heterocycles. The minimum Gasteiger partial charge on any atom is -0.381 e. The molecule has 2 heteroatoms. The maximum absolute atomic E-state index is 5.70. The number of rotatable bonds is 5. The van der Waals surface area contributed by atoms with Crippen molar-refractivity contribution in [3.8, 4) is 0 Å². The second-order valence-electron chi connectivity index (χ2n) is 3.51. The molecule has 0 N–H and O–H groups in total. The zero-order valence-electron chi connectivity index (χ0n) is 7.93. The molecule has 1 nitrogen and oxygen atoms in total. The van der Waals surface area contributed by atoms with Gasteiger partial charge in [0.2, 0.25) is 0 Å². The first kappa shape index (κ1) is 11.2. The lowest BCUT2D eigenvalue weighted by Gasteiger charge is -2.21. The van der Waals surface area contributed by atoms with E-state index in [1.807, 2.05) is 0 Å². The second-order valence-corrected chi connectivity index (χ2v) is 3.82. The van der Waals surface area contributed by atoms with Gasteiger partial charge in [-0.15, -0.1) is 11.6 Å². The highest BCUT2D eigenvalue weighted by molar-refractivity contribution is 6.18. The lowest BCUT2D eigenvalue weighted by Crippen LogP contribution is -2.21. The molecule has 0 aromatic carbocycles. The highest BCUT2D eigenvalue weighted by Crippen LogP contribution is 2.16. The Morgan fingerprint density at radius 3 is 2.09 bits per heavy atom. The molecule has 0 bridgehead atoms. The Kier molecular flexibility index (Phi) is 5.98. The van der Waals surface area contributed by atoms with E-state index in [1.165, 1.54) is 0 Å². The number of halogens is 1. The topological polar surface area (TPSA) is 9.23 Å². The van der Waals surface area contributed by atoms with Gasteiger partial charge in [-0.25, -0.2) is 0 Å². The molecule has 0 rings (SSSR count). The summed E-state index contributed by atoms with van der Waals surface area (Å²) in [5.74, 6) is 1.88. The Bertz CT molecular complexity index is 93.6. The standard InChI is InChI=1S/C9H19ClO/c1-7(2)9(11-4)5-8(3)6-10/h7-9H,5-6H2,1-4H3. The van der Waals surface area contributed by atoms with Gasteiger partial charge < -0.3 is 4.74 Å². The van der Waals surface area contributed by atoms with Gasteiger partial charge in [-0.1, -0.05) is 20.8 Å². The van der Waals surface area contributed by atoms with Crippen LogP contribution in [0.25, 0.3) is 0 Å². The molecule has 0 fully saturated rings. The van der Waals surface area contributed by atoms with Gasteiger partial charge in [0.1, 0.15) is 0 Å². The van der Waals surface area contributed by atoms with Crippen molar-refractivity contribution in [1.82, 2.24) is 0 Å². The van der Waals surface area contributed by atoms with Crippen LogP contribution in [0.3, 0.4) is 0 Å². The van der Waals surface area contributed by atoms with Crippen LogP contribution in [0.5, 0.6) is 0 Å². The molecule has 2 atom stereocenters. The summed E-state index contributed by atoms with van der Waals surface area (Å²) in [5, 5.41) is 0. The van der Waals surface area contributed by atoms with Crippen LogP contribution in [0.4, 0.5) is 0 Å². The SMILES string of the molecule is COC(CC(C)CCl)C(C)C. The Labute approximate surface area is 75.1 Å². The van der Waals surface area contributed by atoms with Crippen molar-refractivity contribution in [3.05, 3.63) is 0 Å². The van der Waals surface area contributed by atoms with Crippen LogP contribution in [0.1, 0.15) is 27.2 Å². The van der Waals surface area contributed by atoms with E-state index in [9.17, 15) is 0 Å². The molecule has 0 radical (unpaired) electrons. The molecule has 0 aliphatic rings. The minimum absolute atomic E-state index is 0.365. The monoisotopic (exact) mass is 178 g/mol. The van der Waals surface area contributed by atoms with Crippen LogP contribution in [0.15, 0.2) is 0 Å². The van der Waals surface area contributed by atoms with E-state index < -0.39 is 0 Å². The average Bonchev–Trinajstić information content (AvgIpc) is 1.99. The first-order valence-electron chi connectivity index (χ1n) is 4.20. The first-order valence-corrected chi connectivity index (χ1v) is 4.74. The zero-order chi connectivity index (χ0) is 8.85. The van der Waals surface area contributed by atoms with E-state index >= 15 is 0 Å². The fourth-order valence-corrected chi connectivity index (χ4v) is 1.23. The van der Waals surface area contributed by atoms with Crippen LogP contribution in [0, 0.1) is 11.8 Å². The summed E-state index contributed by atoms with van der Waals surface area (Å²) in [4.78, 5) is 0. The summed E-state index contributed by atoms with van der Waals surface area (Å²) in [6, 6.07) is 0. The molecule has 0 aromatic heterocycles. The fourth-order valence-electron chi connectivity index (χ4n) is 1.10. The Morgan fingerprint density at radius 2 is 1.82 bits per heavy atom. The average molecular weight is 179 g/mol. The summed E-state index contributed by atoms with van der Waals surface area (Å²) in [6.45, 7) is 6.51. The molecule has 68 valence electrons. The van der Waals surface area contributed by atoms with Gasteiger partial charge in [-0.05, 0) is 18.3 Å². The third-order valence-electron chi connectivity index (χ3n) is 1.94. The summed E-state index contributed by atoms with van der Waals surface area (Å²) in [6.07, 6.45) is 1.43. The van der Waals surface area contributed by atoms with E-state index in [1.54, 1.807) is 7.11 Å². The van der Waals surface area contributed by atoms with Crippen LogP contribution in [0.2, 0.25) is 0 Å². The molecule has 2 unspecified atom stereocenters. The van der Waals surface area contributed by atoms with Gasteiger partial charge in [0.25, 0.3) is 0 Å². The summed E-state index contributed by atoms with van der Waals surface area (Å²) in [7, 11) is 1.77. The van der Waals surface area contributed by atoms with Crippen molar-refractivity contribution in [1.29, 1.82) is 0 Å². The predicted molar refractivity (Wildman–Crippen MR) is 50.1 cm³/mol. The van der Waals surface area contributed by atoms with Gasteiger partial charge in [0, 0.05) is 13.0 Å². The number of hydrogen-bond acceptors (Lipinski definition) is 1. The van der Waals surface area contributed by atoms with Gasteiger partial charge in [0.05, 0.1) is 6.10 Å². The molecular weight excluding hydrogens is 160 g/mol. The van der Waals surface area contributed by atoms with Gasteiger partial charge in [-0.3, -0.25) is 0 Å². The maximum Gasteiger partial charge on any atom is 0.0597 e. The van der Waals surface area contributed by atoms with Crippen molar-refractivity contribution in [2.24, 2.45) is 11.8 Å². The molecular formula is C9H19ClO. The first-order chi connectivity index (χ1) is 5.11. The molecule has 0 spiro atoms. The number of alkyl halides is 1. The number of hydrogen-bond donors (Lipinski definition) is 0. The van der Waals surface area contributed by atoms with Crippen molar-refractivity contribution >= 4 is 11.6 Å². The predicted octanol–water partition coefficient (Wildman–Crippen LogP) is 2.92. The Hall–Kier alpha value is 0.250. The van der Waals surface area contributed by atoms with E-state index in [4.69, 9.17) is 16.3 Å². The van der Waals surface area contributed by atoms with E-state index in [0.29, 0.717) is 17.9 Å². The molecule has 11 heavy (non-hydrogen) atoms. The fraction of sp³-hybridized carbons (Fsp3) is 1.00. The van der Waals surface area contributed by atoms with Crippen molar-refractivity contribution in [3.63, 3.8) is 0 Å². The number of ether oxygens (including phenoxy) is 1. The highest BCUT2D eigenvalue weighted by atomic mass is 35.5. The summed E-state index contributed by atoms with van der Waals surface area (Å²) in [5.41, 5.74) is 0. The zero-order valence-corrected chi connectivity index (χ0v) is 8.69. The van der Waals surface area contributed by atoms with Crippen LogP contribution in [-0.2, 0) is 4.74 Å². The lowest BCUT2D eigenvalue weighted by atomic mass is 9.97. The molecule has 0 saturated carbocycles. The van der Waals surface area contributed by atoms with Crippen LogP contribution >= 0.6 is 11.6 Å². The Morgan fingerprint density at radius 1 is 1.27 bits per heavy atom. The summed E-state index contributed by atoms with van der Waals surface area (Å²) < 4.78 is 5.33.